The van der Waals surface area contributed by atoms with E-state index >= 15 is 0 Å². The number of nitrogens with zero attached hydrogens (tertiary/aromatic N) is 2. The predicted octanol–water partition coefficient (Wildman–Crippen LogP) is 2.14. The van der Waals surface area contributed by atoms with Gasteiger partial charge in [0.05, 0.1) is 16.5 Å². The summed E-state index contributed by atoms with van der Waals surface area (Å²) >= 11 is 11.6. The molecule has 3 N–H and O–H groups in total. The first-order chi connectivity index (χ1) is 8.56. The lowest BCUT2D eigenvalue weighted by Crippen LogP contribution is -2.15. The number of amides is 1. The number of hydrogen-bond acceptors (Lipinski definition) is 5. The Morgan fingerprint density at radius 3 is 2.72 bits per heavy atom. The number of benzene rings is 1. The van der Waals surface area contributed by atoms with Gasteiger partial charge < -0.3 is 11.1 Å². The fraction of sp³-hybridized carbons (Fsp3) is 0.100. The van der Waals surface area contributed by atoms with Gasteiger partial charge in [-0.15, -0.1) is 0 Å². The summed E-state index contributed by atoms with van der Waals surface area (Å²) in [5, 5.41) is 10.3. The third kappa shape index (κ3) is 2.91. The molecule has 0 unspecified atom stereocenters. The Hall–Kier alpha value is -1.79. The molecule has 0 aliphatic rings. The van der Waals surface area contributed by atoms with Gasteiger partial charge in [0.15, 0.2) is 5.82 Å². The summed E-state index contributed by atoms with van der Waals surface area (Å²) in [6.07, 6.45) is -0.0322. The van der Waals surface area contributed by atoms with Gasteiger partial charge in [0.2, 0.25) is 5.91 Å². The van der Waals surface area contributed by atoms with Crippen molar-refractivity contribution in [3.8, 4) is 0 Å². The van der Waals surface area contributed by atoms with Crippen LogP contribution >= 0.6 is 23.2 Å². The minimum absolute atomic E-state index is 0.0322. The molecule has 0 radical (unpaired) electrons. The Morgan fingerprint density at radius 1 is 1.33 bits per heavy atom. The number of nitrogen functional groups attached to an aromatic ring is 1. The van der Waals surface area contributed by atoms with Gasteiger partial charge in [0.25, 0.3) is 0 Å². The molecule has 18 heavy (non-hydrogen) atoms. The predicted molar refractivity (Wildman–Crippen MR) is 67.5 cm³/mol. The molecule has 0 fully saturated rings. The molecule has 0 bridgehead atoms. The molecule has 0 saturated heterocycles. The van der Waals surface area contributed by atoms with Crippen LogP contribution in [0.4, 0.5) is 11.5 Å². The third-order valence-electron chi connectivity index (χ3n) is 2.12. The largest absolute Gasteiger partial charge is 0.379 e. The second-order valence-electron chi connectivity index (χ2n) is 3.45. The van der Waals surface area contributed by atoms with Crippen LogP contribution in [-0.4, -0.2) is 16.2 Å². The van der Waals surface area contributed by atoms with Crippen LogP contribution in [0.3, 0.4) is 0 Å². The smallest absolute Gasteiger partial charge is 0.230 e. The maximum atomic E-state index is 11.7. The first-order valence-electron chi connectivity index (χ1n) is 4.88. The number of halogens is 2. The molecular formula is C10H8Cl2N4O2. The van der Waals surface area contributed by atoms with Gasteiger partial charge in [-0.25, -0.2) is 4.63 Å². The molecule has 0 spiro atoms. The highest BCUT2D eigenvalue weighted by atomic mass is 35.5. The lowest BCUT2D eigenvalue weighted by atomic mass is 10.2. The molecule has 1 aromatic carbocycles. The van der Waals surface area contributed by atoms with Crippen molar-refractivity contribution in [2.45, 2.75) is 6.42 Å². The zero-order valence-electron chi connectivity index (χ0n) is 8.98. The van der Waals surface area contributed by atoms with Crippen LogP contribution in [0, 0.1) is 0 Å². The zero-order chi connectivity index (χ0) is 13.1. The van der Waals surface area contributed by atoms with Crippen LogP contribution in [0.5, 0.6) is 0 Å². The van der Waals surface area contributed by atoms with E-state index in [1.165, 1.54) is 0 Å². The summed E-state index contributed by atoms with van der Waals surface area (Å²) in [6, 6.07) is 4.77. The molecule has 2 rings (SSSR count). The topological polar surface area (TPSA) is 94.0 Å². The number of rotatable bonds is 3. The van der Waals surface area contributed by atoms with E-state index < -0.39 is 0 Å². The number of aromatic nitrogens is 2. The molecule has 0 aliphatic carbocycles. The highest BCUT2D eigenvalue weighted by molar-refractivity contribution is 6.42. The number of nitrogens with two attached hydrogens (primary N) is 1. The molecule has 0 saturated carbocycles. The number of nitrogens with one attached hydrogen (secondary N) is 1. The molecule has 2 aromatic rings. The fourth-order valence-electron chi connectivity index (χ4n) is 1.27. The monoisotopic (exact) mass is 286 g/mol. The van der Waals surface area contributed by atoms with Crippen molar-refractivity contribution in [1.82, 2.24) is 10.3 Å². The van der Waals surface area contributed by atoms with Gasteiger partial charge in [-0.3, -0.25) is 4.79 Å². The molecule has 0 atom stereocenters. The highest BCUT2D eigenvalue weighted by Crippen LogP contribution is 2.25. The maximum Gasteiger partial charge on any atom is 0.230 e. The lowest BCUT2D eigenvalue weighted by molar-refractivity contribution is -0.115. The second-order valence-corrected chi connectivity index (χ2v) is 4.26. The number of carbonyl (C=O) groups is 1. The Morgan fingerprint density at radius 2 is 2.11 bits per heavy atom. The van der Waals surface area contributed by atoms with E-state index in [-0.39, 0.29) is 23.8 Å². The van der Waals surface area contributed by atoms with E-state index in [0.717, 1.165) is 0 Å². The summed E-state index contributed by atoms with van der Waals surface area (Å²) in [6.45, 7) is 0. The summed E-state index contributed by atoms with van der Waals surface area (Å²) in [5.74, 6) is -0.213. The highest BCUT2D eigenvalue weighted by Gasteiger charge is 2.12. The Labute approximate surface area is 112 Å². The van der Waals surface area contributed by atoms with Crippen LogP contribution in [0.2, 0.25) is 10.0 Å². The van der Waals surface area contributed by atoms with Gasteiger partial charge >= 0.3 is 0 Å². The van der Waals surface area contributed by atoms with E-state index in [0.29, 0.717) is 15.7 Å². The van der Waals surface area contributed by atoms with Crippen molar-refractivity contribution in [2.75, 3.05) is 11.1 Å². The van der Waals surface area contributed by atoms with Gasteiger partial charge in [-0.1, -0.05) is 28.4 Å². The van der Waals surface area contributed by atoms with Crippen molar-refractivity contribution in [3.05, 3.63) is 33.9 Å². The van der Waals surface area contributed by atoms with Crippen LogP contribution in [0.1, 0.15) is 5.69 Å². The molecule has 0 aliphatic heterocycles. The average molecular weight is 287 g/mol. The summed E-state index contributed by atoms with van der Waals surface area (Å²) in [7, 11) is 0. The van der Waals surface area contributed by atoms with Gasteiger partial charge in [0.1, 0.15) is 5.69 Å². The van der Waals surface area contributed by atoms with E-state index in [4.69, 9.17) is 28.9 Å². The molecule has 1 aromatic heterocycles. The first-order valence-corrected chi connectivity index (χ1v) is 5.63. The van der Waals surface area contributed by atoms with Crippen molar-refractivity contribution in [3.63, 3.8) is 0 Å². The van der Waals surface area contributed by atoms with Crippen molar-refractivity contribution in [1.29, 1.82) is 0 Å². The van der Waals surface area contributed by atoms with Gasteiger partial charge in [0, 0.05) is 5.69 Å². The van der Waals surface area contributed by atoms with Crippen molar-refractivity contribution in [2.24, 2.45) is 0 Å². The Kier molecular flexibility index (Phi) is 3.69. The number of hydrogen-bond donors (Lipinski definition) is 2. The quantitative estimate of drug-likeness (QED) is 0.901. The molecule has 6 nitrogen and oxygen atoms in total. The standard InChI is InChI=1S/C10H8Cl2N4O2/c11-6-2-1-5(3-7(6)12)14-9(17)4-8-10(13)16-18-15-8/h1-3H,4H2,(H2,13,16)(H,14,17). The van der Waals surface area contributed by atoms with E-state index in [2.05, 4.69) is 20.3 Å². The minimum Gasteiger partial charge on any atom is -0.379 e. The molecule has 1 heterocycles. The van der Waals surface area contributed by atoms with Crippen LogP contribution in [-0.2, 0) is 11.2 Å². The second kappa shape index (κ2) is 5.24. The van der Waals surface area contributed by atoms with E-state index in [1.54, 1.807) is 18.2 Å². The summed E-state index contributed by atoms with van der Waals surface area (Å²) in [4.78, 5) is 11.7. The van der Waals surface area contributed by atoms with Crippen LogP contribution in [0.15, 0.2) is 22.8 Å². The Balaban J connectivity index is 2.03. The molecular weight excluding hydrogens is 279 g/mol. The summed E-state index contributed by atoms with van der Waals surface area (Å²) < 4.78 is 4.39. The van der Waals surface area contributed by atoms with Gasteiger partial charge in [-0.2, -0.15) is 0 Å². The molecule has 1 amide bonds. The minimum atomic E-state index is -0.309. The van der Waals surface area contributed by atoms with Crippen molar-refractivity contribution < 1.29 is 9.42 Å². The van der Waals surface area contributed by atoms with Crippen molar-refractivity contribution >= 4 is 40.6 Å². The normalized spacial score (nSPS) is 10.3. The number of anilines is 2. The molecule has 94 valence electrons. The van der Waals surface area contributed by atoms with E-state index in [1.807, 2.05) is 0 Å². The number of carbonyl (C=O) groups excluding carboxylic acids is 1. The van der Waals surface area contributed by atoms with Crippen LogP contribution in [0.25, 0.3) is 0 Å². The molecule has 8 heteroatoms. The third-order valence-corrected chi connectivity index (χ3v) is 2.86. The van der Waals surface area contributed by atoms with E-state index in [9.17, 15) is 4.79 Å². The lowest BCUT2D eigenvalue weighted by Gasteiger charge is -2.05. The Bertz CT molecular complexity index is 585. The maximum absolute atomic E-state index is 11.7. The van der Waals surface area contributed by atoms with Crippen LogP contribution < -0.4 is 11.1 Å². The van der Waals surface area contributed by atoms with Gasteiger partial charge in [-0.05, 0) is 23.4 Å². The zero-order valence-corrected chi connectivity index (χ0v) is 10.5. The first kappa shape index (κ1) is 12.7. The average Bonchev–Trinajstić information content (AvgIpc) is 2.70. The fourth-order valence-corrected chi connectivity index (χ4v) is 1.57. The summed E-state index contributed by atoms with van der Waals surface area (Å²) in [5.41, 5.74) is 6.26. The SMILES string of the molecule is Nc1nonc1CC(=O)Nc1ccc(Cl)c(Cl)c1.